The molecule has 0 N–H and O–H groups in total. The minimum Gasteiger partial charge on any atom is -0.309 e. The number of carbonyl (C=O) groups is 1. The van der Waals surface area contributed by atoms with Crippen LogP contribution in [0.4, 0.5) is 14.5 Å². The molecule has 0 bridgehead atoms. The molecule has 2 aliphatic rings. The van der Waals surface area contributed by atoms with E-state index < -0.39 is 11.6 Å². The first-order chi connectivity index (χ1) is 11.6. The Balaban J connectivity index is 1.63. The summed E-state index contributed by atoms with van der Waals surface area (Å²) in [6, 6.07) is 5.19. The van der Waals surface area contributed by atoms with Crippen LogP contribution in [0.5, 0.6) is 0 Å². The predicted molar refractivity (Wildman–Crippen MR) is 86.7 cm³/mol. The fraction of sp³-hybridized carbons (Fsp3) is 0.333. The first-order valence-corrected chi connectivity index (χ1v) is 8.08. The molecule has 1 amide bonds. The van der Waals surface area contributed by atoms with Crippen LogP contribution in [-0.4, -0.2) is 42.0 Å². The maximum absolute atomic E-state index is 13.5. The van der Waals surface area contributed by atoms with Gasteiger partial charge in [0, 0.05) is 30.9 Å². The molecule has 6 heteroatoms. The van der Waals surface area contributed by atoms with Gasteiger partial charge in [-0.25, -0.2) is 8.78 Å². The van der Waals surface area contributed by atoms with Gasteiger partial charge in [0.1, 0.15) is 11.6 Å². The molecule has 0 atom stereocenters. The Bertz CT molecular complexity index is 785. The van der Waals surface area contributed by atoms with Crippen LogP contribution in [0.3, 0.4) is 0 Å². The quantitative estimate of drug-likeness (QED) is 0.865. The molecule has 0 saturated carbocycles. The Morgan fingerprint density at radius 2 is 1.75 bits per heavy atom. The highest BCUT2D eigenvalue weighted by Gasteiger charge is 2.29. The highest BCUT2D eigenvalue weighted by atomic mass is 19.1. The average Bonchev–Trinajstić information content (AvgIpc) is 2.80. The van der Waals surface area contributed by atoms with Gasteiger partial charge >= 0.3 is 0 Å². The lowest BCUT2D eigenvalue weighted by atomic mass is 10.1. The van der Waals surface area contributed by atoms with Gasteiger partial charge < -0.3 is 9.80 Å². The molecular formula is C18H17F2N3O. The van der Waals surface area contributed by atoms with Gasteiger partial charge in [0.2, 0.25) is 5.91 Å². The van der Waals surface area contributed by atoms with Crippen molar-refractivity contribution in [2.45, 2.75) is 12.8 Å². The van der Waals surface area contributed by atoms with Gasteiger partial charge in [0.05, 0.1) is 17.8 Å². The number of amides is 1. The van der Waals surface area contributed by atoms with Crippen LogP contribution < -0.4 is 4.90 Å². The van der Waals surface area contributed by atoms with Crippen molar-refractivity contribution in [3.8, 4) is 11.1 Å². The fourth-order valence-corrected chi connectivity index (χ4v) is 3.19. The summed E-state index contributed by atoms with van der Waals surface area (Å²) >= 11 is 0. The first-order valence-electron chi connectivity index (χ1n) is 8.08. The van der Waals surface area contributed by atoms with Crippen LogP contribution >= 0.6 is 0 Å². The number of carbonyl (C=O) groups excluding carboxylic acids is 1. The van der Waals surface area contributed by atoms with E-state index in [1.807, 2.05) is 0 Å². The van der Waals surface area contributed by atoms with E-state index in [0.29, 0.717) is 17.7 Å². The van der Waals surface area contributed by atoms with E-state index in [2.05, 4.69) is 9.88 Å². The molecule has 124 valence electrons. The molecule has 4 nitrogen and oxygen atoms in total. The van der Waals surface area contributed by atoms with Crippen molar-refractivity contribution < 1.29 is 13.6 Å². The zero-order valence-corrected chi connectivity index (χ0v) is 13.1. The molecule has 0 spiro atoms. The van der Waals surface area contributed by atoms with Crippen molar-refractivity contribution in [1.29, 1.82) is 0 Å². The number of fused-ring (bicyclic) bond motifs is 1. The van der Waals surface area contributed by atoms with E-state index in [-0.39, 0.29) is 12.3 Å². The molecule has 3 heterocycles. The Kier molecular flexibility index (Phi) is 3.76. The van der Waals surface area contributed by atoms with Crippen molar-refractivity contribution >= 4 is 11.6 Å². The summed E-state index contributed by atoms with van der Waals surface area (Å²) in [6.07, 6.45) is 3.06. The zero-order chi connectivity index (χ0) is 16.7. The summed E-state index contributed by atoms with van der Waals surface area (Å²) in [5.74, 6) is -1.23. The molecule has 0 unspecified atom stereocenters. The Morgan fingerprint density at radius 1 is 1.00 bits per heavy atom. The molecule has 1 fully saturated rings. The number of benzene rings is 1. The fourth-order valence-electron chi connectivity index (χ4n) is 3.19. The summed E-state index contributed by atoms with van der Waals surface area (Å²) < 4.78 is 26.9. The number of likely N-dealkylation sites (tertiary alicyclic amines) is 1. The number of hydrogen-bond donors (Lipinski definition) is 0. The van der Waals surface area contributed by atoms with E-state index in [1.165, 1.54) is 18.6 Å². The van der Waals surface area contributed by atoms with Crippen molar-refractivity contribution in [2.75, 3.05) is 31.1 Å². The monoisotopic (exact) mass is 329 g/mol. The number of nitrogens with zero attached hydrogens (tertiary/aromatic N) is 3. The van der Waals surface area contributed by atoms with Crippen molar-refractivity contribution in [3.05, 3.63) is 47.8 Å². The van der Waals surface area contributed by atoms with Crippen molar-refractivity contribution in [2.24, 2.45) is 0 Å². The maximum atomic E-state index is 13.5. The highest BCUT2D eigenvalue weighted by molar-refractivity contribution is 6.01. The van der Waals surface area contributed by atoms with Crippen LogP contribution in [0.25, 0.3) is 11.1 Å². The summed E-state index contributed by atoms with van der Waals surface area (Å²) in [6.45, 7) is 3.62. The molecule has 24 heavy (non-hydrogen) atoms. The smallest absolute Gasteiger partial charge is 0.233 e. The normalized spacial score (nSPS) is 17.1. The lowest BCUT2D eigenvalue weighted by molar-refractivity contribution is -0.117. The summed E-state index contributed by atoms with van der Waals surface area (Å²) in [5.41, 5.74) is 2.51. The van der Waals surface area contributed by atoms with Crippen LogP contribution in [0.1, 0.15) is 12.1 Å². The third-order valence-corrected chi connectivity index (χ3v) is 4.64. The first kappa shape index (κ1) is 15.2. The standard InChI is InChI=1S/C18H17F2N3O/c19-14-6-12(7-15(20)9-14)13-8-17-16(21-11-13)10-18(24)23(17)5-4-22-2-1-3-22/h6-9,11H,1-5,10H2. The third kappa shape index (κ3) is 2.78. The van der Waals surface area contributed by atoms with Gasteiger partial charge in [-0.2, -0.15) is 0 Å². The van der Waals surface area contributed by atoms with Crippen LogP contribution in [-0.2, 0) is 11.2 Å². The van der Waals surface area contributed by atoms with E-state index in [1.54, 1.807) is 17.2 Å². The van der Waals surface area contributed by atoms with Crippen LogP contribution in [0.15, 0.2) is 30.5 Å². The Morgan fingerprint density at radius 3 is 2.42 bits per heavy atom. The molecule has 0 aliphatic carbocycles. The second-order valence-electron chi connectivity index (χ2n) is 6.27. The molecule has 2 aromatic rings. The van der Waals surface area contributed by atoms with Gasteiger partial charge in [-0.05, 0) is 43.3 Å². The van der Waals surface area contributed by atoms with E-state index in [4.69, 9.17) is 0 Å². The lowest BCUT2D eigenvalue weighted by Crippen LogP contribution is -2.43. The Labute approximate surface area is 138 Å². The maximum Gasteiger partial charge on any atom is 0.233 e. The van der Waals surface area contributed by atoms with Crippen LogP contribution in [0.2, 0.25) is 0 Å². The topological polar surface area (TPSA) is 36.4 Å². The molecular weight excluding hydrogens is 312 g/mol. The molecule has 1 aromatic carbocycles. The van der Waals surface area contributed by atoms with Gasteiger partial charge in [0.25, 0.3) is 0 Å². The summed E-state index contributed by atoms with van der Waals surface area (Å²) in [5, 5.41) is 0. The lowest BCUT2D eigenvalue weighted by Gasteiger charge is -2.32. The number of hydrogen-bond acceptors (Lipinski definition) is 3. The number of aromatic nitrogens is 1. The molecule has 1 saturated heterocycles. The summed E-state index contributed by atoms with van der Waals surface area (Å²) in [4.78, 5) is 20.6. The number of pyridine rings is 1. The van der Waals surface area contributed by atoms with Crippen LogP contribution in [0, 0.1) is 11.6 Å². The van der Waals surface area contributed by atoms with Crippen molar-refractivity contribution in [3.63, 3.8) is 0 Å². The van der Waals surface area contributed by atoms with E-state index in [9.17, 15) is 13.6 Å². The number of halogens is 2. The largest absolute Gasteiger partial charge is 0.309 e. The second-order valence-corrected chi connectivity index (χ2v) is 6.27. The molecule has 4 rings (SSSR count). The molecule has 0 radical (unpaired) electrons. The highest BCUT2D eigenvalue weighted by Crippen LogP contribution is 2.32. The van der Waals surface area contributed by atoms with Gasteiger partial charge in [-0.3, -0.25) is 9.78 Å². The number of rotatable bonds is 4. The minimum absolute atomic E-state index is 0.0283. The predicted octanol–water partition coefficient (Wildman–Crippen LogP) is 2.62. The van der Waals surface area contributed by atoms with Gasteiger partial charge in [0.15, 0.2) is 0 Å². The SMILES string of the molecule is O=C1Cc2ncc(-c3cc(F)cc(F)c3)cc2N1CCN1CCC1. The second kappa shape index (κ2) is 5.94. The van der Waals surface area contributed by atoms with Gasteiger partial charge in [-0.1, -0.05) is 0 Å². The van der Waals surface area contributed by atoms with E-state index >= 15 is 0 Å². The molecule has 2 aliphatic heterocycles. The summed E-state index contributed by atoms with van der Waals surface area (Å²) in [7, 11) is 0. The van der Waals surface area contributed by atoms with Crippen molar-refractivity contribution in [1.82, 2.24) is 9.88 Å². The van der Waals surface area contributed by atoms with E-state index in [0.717, 1.165) is 37.1 Å². The third-order valence-electron chi connectivity index (χ3n) is 4.64. The molecule has 1 aromatic heterocycles. The minimum atomic E-state index is -0.629. The van der Waals surface area contributed by atoms with Gasteiger partial charge in [-0.15, -0.1) is 0 Å². The zero-order valence-electron chi connectivity index (χ0n) is 13.1. The number of anilines is 1. The average molecular weight is 329 g/mol. The Hall–Kier alpha value is -2.34.